The summed E-state index contributed by atoms with van der Waals surface area (Å²) < 4.78 is 41.0. The summed E-state index contributed by atoms with van der Waals surface area (Å²) >= 11 is 0.985. The first-order valence-corrected chi connectivity index (χ1v) is 15.3. The molecule has 1 fully saturated rings. The maximum atomic E-state index is 13.3. The van der Waals surface area contributed by atoms with E-state index < -0.39 is 64.4 Å². The van der Waals surface area contributed by atoms with Crippen LogP contribution in [0.2, 0.25) is 0 Å². The van der Waals surface area contributed by atoms with Gasteiger partial charge in [-0.3, -0.25) is 14.1 Å². The zero-order valence-corrected chi connectivity index (χ0v) is 25.8. The van der Waals surface area contributed by atoms with Crippen molar-refractivity contribution < 1.29 is 46.3 Å². The molecule has 3 rings (SSSR count). The average Bonchev–Trinajstić information content (AvgIpc) is 3.39. The molecule has 1 aromatic heterocycles. The number of aliphatic carboxylic acids is 1. The molecule has 0 saturated carbocycles. The van der Waals surface area contributed by atoms with E-state index in [1.807, 2.05) is 11.9 Å². The smallest absolute Gasteiger partial charge is 0.418 e. The molecular formula is C26H34N6O10S2. The van der Waals surface area contributed by atoms with Gasteiger partial charge >= 0.3 is 16.4 Å². The Morgan fingerprint density at radius 3 is 2.48 bits per heavy atom. The summed E-state index contributed by atoms with van der Waals surface area (Å²) in [5.41, 5.74) is 11.1. The van der Waals surface area contributed by atoms with Crippen LogP contribution in [0.5, 0.6) is 5.75 Å². The quantitative estimate of drug-likeness (QED) is 0.0811. The SMILES string of the molecule is C=C(c1ccc(OC[C@H](O/N=C(\C(=O)C[C@@H]2C(=O)N(OS(=O)(=O)O)C2(C)C)c2csc(N)n2)C(=O)O)cc1)N(C)CCCN. The number of amides is 1. The third-order valence-electron chi connectivity index (χ3n) is 6.76. The standard InChI is InChI=1S/C26H34N6O10S2/c1-15(31(4)11-5-10-27)16-6-8-17(9-7-16)40-13-21(24(35)36)41-30-22(19-14-43-25(28)29-19)20(33)12-18-23(34)32(26(18,2)3)42-44(37,38)39/h6-9,14,18,21H,1,5,10-13,27H2,2-4H3,(H2,28,29)(H,35,36)(H,37,38,39)/b30-22-/t18-,21+/m1/s1. The number of rotatable bonds is 17. The molecule has 1 aliphatic heterocycles. The highest BCUT2D eigenvalue weighted by Gasteiger charge is 2.57. The summed E-state index contributed by atoms with van der Waals surface area (Å²) in [6.45, 7) is 7.73. The minimum Gasteiger partial charge on any atom is -0.489 e. The molecule has 1 amide bonds. The van der Waals surface area contributed by atoms with Gasteiger partial charge in [-0.2, -0.15) is 13.5 Å². The number of hydrogen-bond donors (Lipinski definition) is 4. The number of carbonyl (C=O) groups excluding carboxylic acids is 2. The molecule has 2 aromatic rings. The minimum absolute atomic E-state index is 0.0228. The third kappa shape index (κ3) is 8.50. The van der Waals surface area contributed by atoms with Gasteiger partial charge in [-0.25, -0.2) is 9.78 Å². The second kappa shape index (κ2) is 14.1. The van der Waals surface area contributed by atoms with Crippen molar-refractivity contribution >= 4 is 55.9 Å². The van der Waals surface area contributed by atoms with Crippen molar-refractivity contribution in [2.45, 2.75) is 38.3 Å². The van der Waals surface area contributed by atoms with Gasteiger partial charge in [0.05, 0.1) is 11.5 Å². The molecule has 18 heteroatoms. The van der Waals surface area contributed by atoms with Crippen LogP contribution in [0.15, 0.2) is 41.4 Å². The first kappa shape index (κ1) is 34.4. The Bertz CT molecular complexity index is 1520. The number of nitrogens with zero attached hydrogens (tertiary/aromatic N) is 4. The number of nitrogens with two attached hydrogens (primary N) is 2. The summed E-state index contributed by atoms with van der Waals surface area (Å²) in [5.74, 6) is -3.82. The lowest BCUT2D eigenvalue weighted by atomic mass is 9.74. The van der Waals surface area contributed by atoms with Gasteiger partial charge in [-0.05, 0) is 56.6 Å². The number of Topliss-reactive ketones (excluding diaryl/α,β-unsaturated/α-hetero) is 1. The second-order valence-electron chi connectivity index (χ2n) is 10.3. The lowest BCUT2D eigenvalue weighted by Crippen LogP contribution is -2.68. The third-order valence-corrected chi connectivity index (χ3v) is 7.77. The Morgan fingerprint density at radius 2 is 1.95 bits per heavy atom. The van der Waals surface area contributed by atoms with Crippen LogP contribution in [0, 0.1) is 5.92 Å². The zero-order valence-electron chi connectivity index (χ0n) is 24.2. The van der Waals surface area contributed by atoms with Crippen LogP contribution in [0.3, 0.4) is 0 Å². The predicted molar refractivity (Wildman–Crippen MR) is 160 cm³/mol. The second-order valence-corrected chi connectivity index (χ2v) is 12.2. The summed E-state index contributed by atoms with van der Waals surface area (Å²) in [4.78, 5) is 48.9. The number of oxime groups is 1. The van der Waals surface area contributed by atoms with Gasteiger partial charge in [-0.1, -0.05) is 11.7 Å². The number of thiazole rings is 1. The molecule has 6 N–H and O–H groups in total. The van der Waals surface area contributed by atoms with E-state index in [9.17, 15) is 27.9 Å². The summed E-state index contributed by atoms with van der Waals surface area (Å²) in [7, 11) is -3.09. The maximum Gasteiger partial charge on any atom is 0.418 e. The van der Waals surface area contributed by atoms with Crippen LogP contribution in [0.25, 0.3) is 5.70 Å². The number of benzene rings is 1. The molecule has 0 radical (unpaired) electrons. The average molecular weight is 655 g/mol. The number of carboxylic acids is 1. The fraction of sp³-hybridized carbons (Fsp3) is 0.423. The molecule has 2 heterocycles. The van der Waals surface area contributed by atoms with E-state index >= 15 is 0 Å². The molecule has 0 spiro atoms. The number of hydrogen-bond acceptors (Lipinski definition) is 14. The number of anilines is 1. The normalized spacial score (nSPS) is 17.0. The van der Waals surface area contributed by atoms with Crippen LogP contribution in [-0.2, 0) is 33.9 Å². The van der Waals surface area contributed by atoms with Crippen molar-refractivity contribution in [3.8, 4) is 5.75 Å². The van der Waals surface area contributed by atoms with Crippen molar-refractivity contribution in [1.82, 2.24) is 14.9 Å². The van der Waals surface area contributed by atoms with E-state index in [4.69, 9.17) is 25.6 Å². The van der Waals surface area contributed by atoms with E-state index in [-0.39, 0.29) is 10.8 Å². The fourth-order valence-corrected chi connectivity index (χ4v) is 5.15. The highest BCUT2D eigenvalue weighted by molar-refractivity contribution is 7.80. The number of nitrogen functional groups attached to an aromatic ring is 1. The topological polar surface area (TPSA) is 237 Å². The molecule has 1 aliphatic rings. The van der Waals surface area contributed by atoms with Crippen LogP contribution >= 0.6 is 11.3 Å². The number of ketones is 1. The van der Waals surface area contributed by atoms with E-state index in [0.717, 1.165) is 35.6 Å². The van der Waals surface area contributed by atoms with Gasteiger partial charge in [0.2, 0.25) is 0 Å². The van der Waals surface area contributed by atoms with Crippen molar-refractivity contribution in [1.29, 1.82) is 0 Å². The number of aromatic nitrogens is 1. The van der Waals surface area contributed by atoms with Crippen molar-refractivity contribution in [3.63, 3.8) is 0 Å². The monoisotopic (exact) mass is 654 g/mol. The van der Waals surface area contributed by atoms with Crippen molar-refractivity contribution in [2.24, 2.45) is 16.8 Å². The van der Waals surface area contributed by atoms with Gasteiger partial charge in [0.15, 0.2) is 16.6 Å². The maximum absolute atomic E-state index is 13.3. The molecule has 0 aliphatic carbocycles. The number of hydroxylamine groups is 2. The van der Waals surface area contributed by atoms with Gasteiger partial charge in [-0.15, -0.1) is 15.6 Å². The Balaban J connectivity index is 1.71. The highest BCUT2D eigenvalue weighted by Crippen LogP contribution is 2.40. The van der Waals surface area contributed by atoms with Crippen molar-refractivity contribution in [3.05, 3.63) is 47.5 Å². The first-order chi connectivity index (χ1) is 20.5. The minimum atomic E-state index is -4.98. The summed E-state index contributed by atoms with van der Waals surface area (Å²) in [6.07, 6.45) is -1.34. The fourth-order valence-electron chi connectivity index (χ4n) is 4.15. The number of ether oxygens (including phenoxy) is 1. The van der Waals surface area contributed by atoms with Crippen LogP contribution in [-0.4, -0.2) is 94.8 Å². The number of carbonyl (C=O) groups is 3. The largest absolute Gasteiger partial charge is 0.489 e. The van der Waals surface area contributed by atoms with E-state index in [1.54, 1.807) is 24.3 Å². The van der Waals surface area contributed by atoms with E-state index in [2.05, 4.69) is 21.0 Å². The Kier molecular flexibility index (Phi) is 11.0. The van der Waals surface area contributed by atoms with Crippen LogP contribution < -0.4 is 16.2 Å². The summed E-state index contributed by atoms with van der Waals surface area (Å²) in [6, 6.07) is 6.80. The molecule has 2 atom stereocenters. The molecule has 0 unspecified atom stereocenters. The molecule has 44 heavy (non-hydrogen) atoms. The van der Waals surface area contributed by atoms with E-state index in [1.165, 1.54) is 19.2 Å². The zero-order chi connectivity index (χ0) is 32.8. The van der Waals surface area contributed by atoms with E-state index in [0.29, 0.717) is 17.4 Å². The van der Waals surface area contributed by atoms with Crippen molar-refractivity contribution in [2.75, 3.05) is 32.5 Å². The lowest BCUT2D eigenvalue weighted by Gasteiger charge is -2.50. The predicted octanol–water partition coefficient (Wildman–Crippen LogP) is 1.16. The Hall–Kier alpha value is -4.10. The highest BCUT2D eigenvalue weighted by atomic mass is 32.3. The van der Waals surface area contributed by atoms with Gasteiger partial charge in [0.1, 0.15) is 18.1 Å². The van der Waals surface area contributed by atoms with Crippen LogP contribution in [0.4, 0.5) is 5.13 Å². The Morgan fingerprint density at radius 1 is 1.30 bits per heavy atom. The van der Waals surface area contributed by atoms with Gasteiger partial charge in [0.25, 0.3) is 12.0 Å². The molecule has 240 valence electrons. The molecule has 1 aromatic carbocycles. The Labute approximate surface area is 257 Å². The molecule has 1 saturated heterocycles. The lowest BCUT2D eigenvalue weighted by molar-refractivity contribution is -0.228. The molecule has 16 nitrogen and oxygen atoms in total. The first-order valence-electron chi connectivity index (χ1n) is 13.1. The number of β-lactam (4-membered cyclic amide) rings is 1. The summed E-state index contributed by atoms with van der Waals surface area (Å²) in [5, 5.41) is 15.4. The molecular weight excluding hydrogens is 620 g/mol. The van der Waals surface area contributed by atoms with Crippen LogP contribution in [0.1, 0.15) is 37.9 Å². The number of carboxylic acid groups (broad SMARTS) is 1. The van der Waals surface area contributed by atoms with Gasteiger partial charge in [0, 0.05) is 31.1 Å². The van der Waals surface area contributed by atoms with Gasteiger partial charge < -0.3 is 31.0 Å². The molecule has 0 bridgehead atoms.